The quantitative estimate of drug-likeness (QED) is 0.535. The summed E-state index contributed by atoms with van der Waals surface area (Å²) in [6, 6.07) is 7.85. The molecule has 33 heavy (non-hydrogen) atoms. The molecule has 12 heteroatoms. The van der Waals surface area contributed by atoms with Gasteiger partial charge in [-0.3, -0.25) is 0 Å². The molecule has 0 aliphatic carbocycles. The van der Waals surface area contributed by atoms with E-state index in [1.54, 1.807) is 6.92 Å². The molecule has 9 nitrogen and oxygen atoms in total. The molecule has 1 unspecified atom stereocenters. The van der Waals surface area contributed by atoms with Gasteiger partial charge in [0, 0.05) is 18.0 Å². The molecule has 0 aliphatic rings. The second-order valence-corrected chi connectivity index (χ2v) is 9.23. The van der Waals surface area contributed by atoms with E-state index in [0.29, 0.717) is 11.1 Å². The summed E-state index contributed by atoms with van der Waals surface area (Å²) in [5.41, 5.74) is 1.06. The molecular weight excluding hydrogens is 456 g/mol. The highest BCUT2D eigenvalue weighted by molar-refractivity contribution is 7.92. The second-order valence-electron chi connectivity index (χ2n) is 6.84. The summed E-state index contributed by atoms with van der Waals surface area (Å²) < 4.78 is 53.7. The van der Waals surface area contributed by atoms with Gasteiger partial charge in [-0.15, -0.1) is 4.36 Å². The van der Waals surface area contributed by atoms with Crippen molar-refractivity contribution in [3.8, 4) is 17.1 Å². The summed E-state index contributed by atoms with van der Waals surface area (Å²) in [7, 11) is -1.60. The predicted molar refractivity (Wildman–Crippen MR) is 119 cm³/mol. The highest BCUT2D eigenvalue weighted by Crippen LogP contribution is 2.28. The number of halogens is 2. The molecule has 0 bridgehead atoms. The number of aromatic nitrogens is 3. The fraction of sp³-hybridized carbons (Fsp3) is 0.238. The fourth-order valence-corrected chi connectivity index (χ4v) is 4.14. The minimum atomic E-state index is -3.00. The van der Waals surface area contributed by atoms with Crippen molar-refractivity contribution in [1.29, 1.82) is 0 Å². The van der Waals surface area contributed by atoms with Crippen LogP contribution in [-0.2, 0) is 20.2 Å². The SMILES string of the molecule is CCOC(=O)N=S(C)(=O)Cc1cc(F)cc(Nc2ncnc(-c3ccc(F)cc3OC)n2)c1. The minimum Gasteiger partial charge on any atom is -0.496 e. The third-order valence-corrected chi connectivity index (χ3v) is 5.56. The predicted octanol–water partition coefficient (Wildman–Crippen LogP) is 4.32. The zero-order valence-corrected chi connectivity index (χ0v) is 18.9. The number of anilines is 2. The van der Waals surface area contributed by atoms with Crippen molar-refractivity contribution < 1.29 is 27.3 Å². The molecule has 1 aromatic heterocycles. The monoisotopic (exact) mass is 477 g/mol. The van der Waals surface area contributed by atoms with Gasteiger partial charge in [0.05, 0.1) is 34.8 Å². The van der Waals surface area contributed by atoms with Crippen molar-refractivity contribution in [2.75, 3.05) is 25.3 Å². The van der Waals surface area contributed by atoms with Crippen LogP contribution in [0, 0.1) is 11.6 Å². The van der Waals surface area contributed by atoms with E-state index in [9.17, 15) is 17.8 Å². The van der Waals surface area contributed by atoms with Crippen molar-refractivity contribution in [2.24, 2.45) is 4.36 Å². The molecule has 1 heterocycles. The number of benzene rings is 2. The summed E-state index contributed by atoms with van der Waals surface area (Å²) in [6.07, 6.45) is 1.59. The molecule has 1 amide bonds. The maximum atomic E-state index is 14.2. The first-order chi connectivity index (χ1) is 15.7. The summed E-state index contributed by atoms with van der Waals surface area (Å²) in [5, 5.41) is 2.86. The van der Waals surface area contributed by atoms with E-state index in [0.717, 1.165) is 0 Å². The lowest BCUT2D eigenvalue weighted by atomic mass is 10.2. The number of carbonyl (C=O) groups is 1. The number of hydrogen-bond acceptors (Lipinski definition) is 8. The van der Waals surface area contributed by atoms with Crippen LogP contribution in [0.1, 0.15) is 12.5 Å². The van der Waals surface area contributed by atoms with Crippen molar-refractivity contribution in [1.82, 2.24) is 15.0 Å². The Kier molecular flexibility index (Phi) is 7.48. The van der Waals surface area contributed by atoms with Crippen molar-refractivity contribution in [3.63, 3.8) is 0 Å². The van der Waals surface area contributed by atoms with Gasteiger partial charge in [0.25, 0.3) is 0 Å². The molecule has 2 aromatic carbocycles. The number of ether oxygens (including phenoxy) is 2. The van der Waals surface area contributed by atoms with Crippen LogP contribution >= 0.6 is 0 Å². The molecule has 174 valence electrons. The Morgan fingerprint density at radius 1 is 1.15 bits per heavy atom. The van der Waals surface area contributed by atoms with E-state index >= 15 is 0 Å². The Bertz CT molecular complexity index is 1300. The summed E-state index contributed by atoms with van der Waals surface area (Å²) in [5.74, 6) is -0.702. The third kappa shape index (κ3) is 6.65. The van der Waals surface area contributed by atoms with Crippen LogP contribution in [0.5, 0.6) is 5.75 Å². The van der Waals surface area contributed by atoms with Gasteiger partial charge in [0.1, 0.15) is 23.7 Å². The number of hydrogen-bond donors (Lipinski definition) is 1. The molecule has 0 radical (unpaired) electrons. The Morgan fingerprint density at radius 2 is 1.94 bits per heavy atom. The Morgan fingerprint density at radius 3 is 2.67 bits per heavy atom. The zero-order valence-electron chi connectivity index (χ0n) is 18.0. The van der Waals surface area contributed by atoms with Crippen LogP contribution < -0.4 is 10.1 Å². The van der Waals surface area contributed by atoms with E-state index in [-0.39, 0.29) is 35.6 Å². The van der Waals surface area contributed by atoms with E-state index < -0.39 is 27.5 Å². The van der Waals surface area contributed by atoms with Crippen LogP contribution in [0.25, 0.3) is 11.4 Å². The maximum absolute atomic E-state index is 14.2. The lowest BCUT2D eigenvalue weighted by molar-refractivity contribution is 0.164. The number of rotatable bonds is 7. The second kappa shape index (κ2) is 10.3. The molecule has 0 spiro atoms. The van der Waals surface area contributed by atoms with Crippen molar-refractivity contribution >= 4 is 27.5 Å². The fourth-order valence-electron chi connectivity index (χ4n) is 2.92. The number of nitrogens with zero attached hydrogens (tertiary/aromatic N) is 4. The average molecular weight is 477 g/mol. The van der Waals surface area contributed by atoms with Gasteiger partial charge in [-0.25, -0.2) is 27.8 Å². The van der Waals surface area contributed by atoms with Gasteiger partial charge in [0.2, 0.25) is 5.95 Å². The Labute approximate surface area is 189 Å². The molecule has 3 aromatic rings. The largest absolute Gasteiger partial charge is 0.496 e. The standard InChI is InChI=1S/C21H21F2N5O4S/c1-4-32-21(29)28-33(3,30)11-13-7-15(23)9-16(8-13)26-20-25-12-24-19(27-20)17-6-5-14(22)10-18(17)31-2/h5-10,12H,4,11H2,1-3H3,(H,24,25,26,27). The number of methoxy groups -OCH3 is 1. The van der Waals surface area contributed by atoms with Crippen LogP contribution in [-0.4, -0.2) is 45.2 Å². The summed E-state index contributed by atoms with van der Waals surface area (Å²) in [4.78, 5) is 23.9. The lowest BCUT2D eigenvalue weighted by Gasteiger charge is -2.11. The topological polar surface area (TPSA) is 116 Å². The number of nitrogens with one attached hydrogen (secondary N) is 1. The molecule has 1 atom stereocenters. The molecule has 1 N–H and O–H groups in total. The first-order valence-corrected chi connectivity index (χ1v) is 11.7. The first kappa shape index (κ1) is 24.0. The van der Waals surface area contributed by atoms with Gasteiger partial charge in [0.15, 0.2) is 5.82 Å². The highest BCUT2D eigenvalue weighted by Gasteiger charge is 2.13. The van der Waals surface area contributed by atoms with Gasteiger partial charge in [-0.05, 0) is 42.8 Å². The molecule has 0 aliphatic heterocycles. The van der Waals surface area contributed by atoms with Gasteiger partial charge in [-0.1, -0.05) is 0 Å². The summed E-state index contributed by atoms with van der Waals surface area (Å²) >= 11 is 0. The maximum Gasteiger partial charge on any atom is 0.441 e. The van der Waals surface area contributed by atoms with Gasteiger partial charge < -0.3 is 14.8 Å². The zero-order chi connectivity index (χ0) is 24.0. The van der Waals surface area contributed by atoms with Gasteiger partial charge in [-0.2, -0.15) is 4.98 Å². The highest BCUT2D eigenvalue weighted by atomic mass is 32.2. The van der Waals surface area contributed by atoms with Crippen LogP contribution in [0.3, 0.4) is 0 Å². The number of amides is 1. The average Bonchev–Trinajstić information content (AvgIpc) is 2.72. The number of carbonyl (C=O) groups excluding carboxylic acids is 1. The van der Waals surface area contributed by atoms with E-state index in [4.69, 9.17) is 4.74 Å². The molecule has 0 saturated carbocycles. The normalized spacial score (nSPS) is 12.5. The van der Waals surface area contributed by atoms with Crippen LogP contribution in [0.15, 0.2) is 47.1 Å². The molecule has 0 saturated heterocycles. The third-order valence-electron chi connectivity index (χ3n) is 4.16. The van der Waals surface area contributed by atoms with Crippen molar-refractivity contribution in [3.05, 3.63) is 59.9 Å². The molecule has 0 fully saturated rings. The molecule has 3 rings (SSSR count). The first-order valence-electron chi connectivity index (χ1n) is 9.65. The van der Waals surface area contributed by atoms with Gasteiger partial charge >= 0.3 is 6.09 Å². The van der Waals surface area contributed by atoms with Crippen LogP contribution in [0.2, 0.25) is 0 Å². The Balaban J connectivity index is 1.87. The minimum absolute atomic E-state index is 0.0939. The Hall–Kier alpha value is -3.67. The summed E-state index contributed by atoms with van der Waals surface area (Å²) in [6.45, 7) is 1.71. The smallest absolute Gasteiger partial charge is 0.441 e. The van der Waals surface area contributed by atoms with Crippen LogP contribution in [0.4, 0.5) is 25.2 Å². The van der Waals surface area contributed by atoms with Crippen molar-refractivity contribution in [2.45, 2.75) is 12.7 Å². The lowest BCUT2D eigenvalue weighted by Crippen LogP contribution is -2.08. The van der Waals surface area contributed by atoms with E-state index in [1.165, 1.54) is 56.1 Å². The molecular formula is C21H21F2N5O4S. The van der Waals surface area contributed by atoms with E-state index in [1.807, 2.05) is 0 Å². The van der Waals surface area contributed by atoms with E-state index in [2.05, 4.69) is 29.4 Å².